The first kappa shape index (κ1) is 21.7. The number of ether oxygens (including phenoxy) is 3. The topological polar surface area (TPSA) is 67.4 Å². The monoisotopic (exact) mass is 404 g/mol. The first-order valence-corrected chi connectivity index (χ1v) is 10.9. The fraction of sp³-hybridized carbons (Fsp3) is 0.682. The van der Waals surface area contributed by atoms with Crippen molar-refractivity contribution >= 4 is 5.96 Å². The molecule has 1 unspecified atom stereocenters. The number of hydrogen-bond donors (Lipinski definition) is 2. The van der Waals surface area contributed by atoms with E-state index in [1.807, 2.05) is 12.1 Å². The van der Waals surface area contributed by atoms with Crippen molar-refractivity contribution in [2.24, 2.45) is 10.9 Å². The smallest absolute Gasteiger partial charge is 0.191 e. The quantitative estimate of drug-likeness (QED) is 0.537. The molecule has 162 valence electrons. The van der Waals surface area contributed by atoms with E-state index in [-0.39, 0.29) is 6.10 Å². The van der Waals surface area contributed by atoms with E-state index in [1.54, 1.807) is 0 Å². The Hall–Kier alpha value is -1.99. The molecule has 29 heavy (non-hydrogen) atoms. The molecule has 1 fully saturated rings. The van der Waals surface area contributed by atoms with Gasteiger partial charge in [-0.25, -0.2) is 4.99 Å². The Morgan fingerprint density at radius 3 is 2.79 bits per heavy atom. The largest absolute Gasteiger partial charge is 0.490 e. The maximum atomic E-state index is 5.94. The van der Waals surface area contributed by atoms with Crippen LogP contribution in [0.5, 0.6) is 11.5 Å². The number of fused-ring (bicyclic) bond motifs is 1. The van der Waals surface area contributed by atoms with Crippen LogP contribution in [0.2, 0.25) is 0 Å². The summed E-state index contributed by atoms with van der Waals surface area (Å²) in [5, 5.41) is 6.76. The van der Waals surface area contributed by atoms with Crippen LogP contribution >= 0.6 is 0 Å². The highest BCUT2D eigenvalue weighted by Gasteiger charge is 2.21. The van der Waals surface area contributed by atoms with Gasteiger partial charge >= 0.3 is 0 Å². The molecular weight excluding hydrogens is 368 g/mol. The number of guanidine groups is 1. The van der Waals surface area contributed by atoms with E-state index in [0.717, 1.165) is 68.8 Å². The van der Waals surface area contributed by atoms with Crippen LogP contribution in [0.1, 0.15) is 32.8 Å². The standard InChI is InChI=1S/C22H36N4O3/c1-4-23-22(25-14-19-16-26(8-11-27-19)15-17(2)3)24-13-18-6-7-20-21(12-18)29-10-5-9-28-20/h6-7,12,17,19H,4-5,8-11,13-16H2,1-3H3,(H2,23,24,25). The van der Waals surface area contributed by atoms with Crippen LogP contribution in [0.15, 0.2) is 23.2 Å². The van der Waals surface area contributed by atoms with Crippen molar-refractivity contribution in [3.8, 4) is 11.5 Å². The van der Waals surface area contributed by atoms with E-state index in [2.05, 4.69) is 42.4 Å². The van der Waals surface area contributed by atoms with E-state index in [1.165, 1.54) is 0 Å². The Kier molecular flexibility index (Phi) is 8.43. The molecule has 0 aromatic heterocycles. The highest BCUT2D eigenvalue weighted by Crippen LogP contribution is 2.30. The number of nitrogens with one attached hydrogen (secondary N) is 2. The Bertz CT molecular complexity index is 665. The maximum Gasteiger partial charge on any atom is 0.191 e. The van der Waals surface area contributed by atoms with Gasteiger partial charge in [-0.05, 0) is 30.5 Å². The summed E-state index contributed by atoms with van der Waals surface area (Å²) in [4.78, 5) is 7.23. The summed E-state index contributed by atoms with van der Waals surface area (Å²) >= 11 is 0. The van der Waals surface area contributed by atoms with Gasteiger partial charge in [-0.15, -0.1) is 0 Å². The predicted molar refractivity (Wildman–Crippen MR) is 116 cm³/mol. The first-order valence-electron chi connectivity index (χ1n) is 10.9. The SMILES string of the molecule is CCNC(=NCc1ccc2c(c1)OCCCO2)NCC1CN(CC(C)C)CCO1. The Labute approximate surface area is 174 Å². The van der Waals surface area contributed by atoms with Gasteiger partial charge in [-0.2, -0.15) is 0 Å². The summed E-state index contributed by atoms with van der Waals surface area (Å²) in [5.41, 5.74) is 1.10. The highest BCUT2D eigenvalue weighted by atomic mass is 16.5. The number of rotatable bonds is 7. The fourth-order valence-corrected chi connectivity index (χ4v) is 3.61. The Morgan fingerprint density at radius 2 is 2.00 bits per heavy atom. The zero-order valence-corrected chi connectivity index (χ0v) is 18.1. The maximum absolute atomic E-state index is 5.94. The van der Waals surface area contributed by atoms with Gasteiger partial charge in [0.15, 0.2) is 17.5 Å². The van der Waals surface area contributed by atoms with Crippen molar-refractivity contribution in [1.82, 2.24) is 15.5 Å². The lowest BCUT2D eigenvalue weighted by Gasteiger charge is -2.34. The van der Waals surface area contributed by atoms with Gasteiger partial charge in [0, 0.05) is 39.1 Å². The zero-order chi connectivity index (χ0) is 20.5. The minimum absolute atomic E-state index is 0.185. The lowest BCUT2D eigenvalue weighted by molar-refractivity contribution is -0.0284. The Morgan fingerprint density at radius 1 is 1.17 bits per heavy atom. The van der Waals surface area contributed by atoms with Crippen molar-refractivity contribution in [1.29, 1.82) is 0 Å². The van der Waals surface area contributed by atoms with Gasteiger partial charge in [0.1, 0.15) is 0 Å². The molecule has 1 aromatic carbocycles. The summed E-state index contributed by atoms with van der Waals surface area (Å²) in [6.07, 6.45) is 1.10. The van der Waals surface area contributed by atoms with Crippen LogP contribution < -0.4 is 20.1 Å². The molecule has 7 nitrogen and oxygen atoms in total. The second-order valence-corrected chi connectivity index (χ2v) is 8.05. The molecule has 0 bridgehead atoms. The summed E-state index contributed by atoms with van der Waals surface area (Å²) < 4.78 is 17.4. The number of nitrogens with zero attached hydrogens (tertiary/aromatic N) is 2. The molecule has 0 saturated carbocycles. The predicted octanol–water partition coefficient (Wildman–Crippen LogP) is 2.26. The summed E-state index contributed by atoms with van der Waals surface area (Å²) in [6, 6.07) is 6.06. The van der Waals surface area contributed by atoms with Crippen LogP contribution in [0, 0.1) is 5.92 Å². The molecule has 0 aliphatic carbocycles. The highest BCUT2D eigenvalue weighted by molar-refractivity contribution is 5.79. The second kappa shape index (κ2) is 11.3. The van der Waals surface area contributed by atoms with E-state index in [0.29, 0.717) is 25.7 Å². The molecule has 7 heteroatoms. The van der Waals surface area contributed by atoms with Crippen molar-refractivity contribution in [3.05, 3.63) is 23.8 Å². The van der Waals surface area contributed by atoms with Crippen LogP contribution in [0.3, 0.4) is 0 Å². The van der Waals surface area contributed by atoms with Gasteiger partial charge in [0.05, 0.1) is 32.5 Å². The summed E-state index contributed by atoms with van der Waals surface area (Å²) in [5.74, 6) is 3.12. The molecule has 2 N–H and O–H groups in total. The molecule has 2 aliphatic rings. The number of benzene rings is 1. The van der Waals surface area contributed by atoms with Crippen molar-refractivity contribution in [2.75, 3.05) is 52.5 Å². The molecular formula is C22H36N4O3. The van der Waals surface area contributed by atoms with Gasteiger partial charge < -0.3 is 24.8 Å². The minimum atomic E-state index is 0.185. The van der Waals surface area contributed by atoms with Crippen LogP contribution in [0.4, 0.5) is 0 Å². The number of morpholine rings is 1. The van der Waals surface area contributed by atoms with Gasteiger partial charge in [0.2, 0.25) is 0 Å². The number of aliphatic imine (C=N–C) groups is 1. The second-order valence-electron chi connectivity index (χ2n) is 8.05. The summed E-state index contributed by atoms with van der Waals surface area (Å²) in [6.45, 7) is 14.1. The molecule has 0 amide bonds. The third-order valence-electron chi connectivity index (χ3n) is 4.92. The Balaban J connectivity index is 1.54. The molecule has 2 heterocycles. The van der Waals surface area contributed by atoms with E-state index in [9.17, 15) is 0 Å². The van der Waals surface area contributed by atoms with Crippen molar-refractivity contribution < 1.29 is 14.2 Å². The van der Waals surface area contributed by atoms with Crippen LogP contribution in [-0.2, 0) is 11.3 Å². The van der Waals surface area contributed by atoms with Crippen molar-refractivity contribution in [3.63, 3.8) is 0 Å². The average Bonchev–Trinajstić information content (AvgIpc) is 2.95. The van der Waals surface area contributed by atoms with Crippen LogP contribution in [-0.4, -0.2) is 69.5 Å². The van der Waals surface area contributed by atoms with E-state index >= 15 is 0 Å². The minimum Gasteiger partial charge on any atom is -0.490 e. The van der Waals surface area contributed by atoms with E-state index in [4.69, 9.17) is 19.2 Å². The first-order chi connectivity index (χ1) is 14.1. The lowest BCUT2D eigenvalue weighted by Crippen LogP contribution is -2.50. The van der Waals surface area contributed by atoms with E-state index < -0.39 is 0 Å². The molecule has 1 saturated heterocycles. The molecule has 0 radical (unpaired) electrons. The molecule has 3 rings (SSSR count). The fourth-order valence-electron chi connectivity index (χ4n) is 3.61. The molecule has 0 spiro atoms. The normalized spacial score (nSPS) is 20.4. The van der Waals surface area contributed by atoms with Gasteiger partial charge in [0.25, 0.3) is 0 Å². The lowest BCUT2D eigenvalue weighted by atomic mass is 10.2. The average molecular weight is 405 g/mol. The molecule has 2 aliphatic heterocycles. The molecule has 1 aromatic rings. The van der Waals surface area contributed by atoms with Gasteiger partial charge in [-0.1, -0.05) is 19.9 Å². The van der Waals surface area contributed by atoms with Crippen LogP contribution in [0.25, 0.3) is 0 Å². The molecule has 1 atom stereocenters. The third kappa shape index (κ3) is 7.08. The summed E-state index contributed by atoms with van der Waals surface area (Å²) in [7, 11) is 0. The zero-order valence-electron chi connectivity index (χ0n) is 18.1. The number of hydrogen-bond acceptors (Lipinski definition) is 5. The third-order valence-corrected chi connectivity index (χ3v) is 4.92. The van der Waals surface area contributed by atoms with Crippen molar-refractivity contribution in [2.45, 2.75) is 39.8 Å². The van der Waals surface area contributed by atoms with Gasteiger partial charge in [-0.3, -0.25) is 4.90 Å².